The Balaban J connectivity index is 2.98. The molecule has 0 saturated heterocycles. The smallest absolute Gasteiger partial charge is 0.0332 e. The van der Waals surface area contributed by atoms with Crippen LogP contribution in [0.1, 0.15) is 18.1 Å². The van der Waals surface area contributed by atoms with E-state index in [2.05, 4.69) is 56.6 Å². The van der Waals surface area contributed by atoms with E-state index in [9.17, 15) is 0 Å². The lowest BCUT2D eigenvalue weighted by atomic mass is 10.0. The summed E-state index contributed by atoms with van der Waals surface area (Å²) in [6, 6.07) is 8.31. The second-order valence-corrected chi connectivity index (χ2v) is 5.29. The maximum absolute atomic E-state index is 3.90. The van der Waals surface area contributed by atoms with Gasteiger partial charge in [0.25, 0.3) is 0 Å². The molecule has 2 rings (SSSR count). The van der Waals surface area contributed by atoms with Crippen LogP contribution in [0.3, 0.4) is 0 Å². The summed E-state index contributed by atoms with van der Waals surface area (Å²) in [6.07, 6.45) is 6.02. The number of hydrogen-bond acceptors (Lipinski definition) is 0. The summed E-state index contributed by atoms with van der Waals surface area (Å²) in [5, 5.41) is 2.40. The average molecular weight is 352 g/mol. The number of allylic oxidation sites excluding steroid dienone is 1. The fourth-order valence-corrected chi connectivity index (χ4v) is 3.33. The maximum atomic E-state index is 3.90. The van der Waals surface area contributed by atoms with Gasteiger partial charge in [-0.05, 0) is 60.7 Å². The lowest BCUT2D eigenvalue weighted by molar-refractivity contribution is 1.57. The molecule has 0 aromatic heterocycles. The van der Waals surface area contributed by atoms with Gasteiger partial charge in [0, 0.05) is 8.95 Å². The molecule has 0 saturated carbocycles. The van der Waals surface area contributed by atoms with Crippen LogP contribution in [0.2, 0.25) is 0 Å². The molecule has 0 aliphatic carbocycles. The van der Waals surface area contributed by atoms with Gasteiger partial charge in [-0.25, -0.2) is 0 Å². The highest BCUT2D eigenvalue weighted by molar-refractivity contribution is 9.11. The monoisotopic (exact) mass is 350 g/mol. The third-order valence-corrected chi connectivity index (χ3v) is 4.41. The van der Waals surface area contributed by atoms with Crippen molar-refractivity contribution in [2.75, 3.05) is 0 Å². The van der Waals surface area contributed by atoms with E-state index in [1.807, 2.05) is 31.2 Å². The van der Waals surface area contributed by atoms with Crippen LogP contribution in [0.15, 0.2) is 45.9 Å². The molecule has 0 aliphatic rings. The topological polar surface area (TPSA) is 0 Å². The first-order valence-corrected chi connectivity index (χ1v) is 6.94. The molecule has 2 heteroatoms. The average Bonchev–Trinajstić information content (AvgIpc) is 2.36. The molecule has 0 heterocycles. The van der Waals surface area contributed by atoms with Crippen molar-refractivity contribution < 1.29 is 0 Å². The molecular weight excluding hydrogens is 340 g/mol. The molecule has 2 aromatic carbocycles. The second kappa shape index (κ2) is 5.19. The molecule has 2 aromatic rings. The Morgan fingerprint density at radius 1 is 1.00 bits per heavy atom. The van der Waals surface area contributed by atoms with Gasteiger partial charge in [0.05, 0.1) is 0 Å². The van der Waals surface area contributed by atoms with Crippen LogP contribution in [-0.4, -0.2) is 0 Å². The Labute approximate surface area is 118 Å². The molecule has 0 N–H and O–H groups in total. The van der Waals surface area contributed by atoms with E-state index in [1.165, 1.54) is 10.8 Å². The van der Waals surface area contributed by atoms with Crippen molar-refractivity contribution in [3.05, 3.63) is 57.0 Å². The molecule has 86 valence electrons. The first-order valence-electron chi connectivity index (χ1n) is 5.35. The number of rotatable bonds is 2. The van der Waals surface area contributed by atoms with Gasteiger partial charge in [-0.1, -0.05) is 49.1 Å². The third kappa shape index (κ3) is 2.12. The van der Waals surface area contributed by atoms with Crippen LogP contribution in [0.4, 0.5) is 0 Å². The Morgan fingerprint density at radius 2 is 1.53 bits per heavy atom. The van der Waals surface area contributed by atoms with Gasteiger partial charge in [0.2, 0.25) is 0 Å². The largest absolute Gasteiger partial charge is 0.0984 e. The number of halogens is 2. The summed E-state index contributed by atoms with van der Waals surface area (Å²) < 4.78 is 2.21. The van der Waals surface area contributed by atoms with Crippen LogP contribution in [0, 0.1) is 0 Å². The minimum Gasteiger partial charge on any atom is -0.0984 e. The highest BCUT2D eigenvalue weighted by Gasteiger charge is 2.12. The number of fused-ring (bicyclic) bond motifs is 1. The molecule has 0 aliphatic heterocycles. The molecule has 0 unspecified atom stereocenters. The molecule has 0 atom stereocenters. The SMILES string of the molecule is C=Cc1c(C=CC)c(Br)c2ccccc2c1Br. The molecule has 0 bridgehead atoms. The maximum Gasteiger partial charge on any atom is 0.0332 e. The number of benzene rings is 2. The molecular formula is C15H12Br2. The summed E-state index contributed by atoms with van der Waals surface area (Å²) in [4.78, 5) is 0. The second-order valence-electron chi connectivity index (χ2n) is 3.71. The fourth-order valence-electron chi connectivity index (χ4n) is 1.92. The zero-order valence-electron chi connectivity index (χ0n) is 9.50. The van der Waals surface area contributed by atoms with Crippen molar-refractivity contribution in [1.29, 1.82) is 0 Å². The van der Waals surface area contributed by atoms with E-state index < -0.39 is 0 Å². The minimum absolute atomic E-state index is 1.10. The fraction of sp³-hybridized carbons (Fsp3) is 0.0667. The van der Waals surface area contributed by atoms with Crippen molar-refractivity contribution in [3.63, 3.8) is 0 Å². The summed E-state index contributed by atoms with van der Waals surface area (Å²) in [5.41, 5.74) is 2.28. The first-order chi connectivity index (χ1) is 8.20. The van der Waals surface area contributed by atoms with Crippen molar-refractivity contribution in [3.8, 4) is 0 Å². The highest BCUT2D eigenvalue weighted by Crippen LogP contribution is 2.38. The van der Waals surface area contributed by atoms with Crippen molar-refractivity contribution in [1.82, 2.24) is 0 Å². The van der Waals surface area contributed by atoms with E-state index in [0.29, 0.717) is 0 Å². The lowest BCUT2D eigenvalue weighted by Crippen LogP contribution is -1.89. The quantitative estimate of drug-likeness (QED) is 0.618. The first kappa shape index (κ1) is 12.6. The molecule has 0 fully saturated rings. The Bertz CT molecular complexity index is 610. The van der Waals surface area contributed by atoms with E-state index >= 15 is 0 Å². The molecule has 0 spiro atoms. The molecule has 0 nitrogen and oxygen atoms in total. The van der Waals surface area contributed by atoms with E-state index in [4.69, 9.17) is 0 Å². The predicted octanol–water partition coefficient (Wildman–Crippen LogP) is 6.04. The summed E-state index contributed by atoms with van der Waals surface area (Å²) in [5.74, 6) is 0. The van der Waals surface area contributed by atoms with Gasteiger partial charge < -0.3 is 0 Å². The van der Waals surface area contributed by atoms with Crippen molar-refractivity contribution in [2.45, 2.75) is 6.92 Å². The molecule has 17 heavy (non-hydrogen) atoms. The summed E-state index contributed by atoms with van der Waals surface area (Å²) in [7, 11) is 0. The number of hydrogen-bond donors (Lipinski definition) is 0. The van der Waals surface area contributed by atoms with Gasteiger partial charge >= 0.3 is 0 Å². The Kier molecular flexibility index (Phi) is 3.85. The van der Waals surface area contributed by atoms with Gasteiger partial charge in [0.15, 0.2) is 0 Å². The van der Waals surface area contributed by atoms with Crippen LogP contribution in [0.25, 0.3) is 22.9 Å². The summed E-state index contributed by atoms with van der Waals surface area (Å²) in [6.45, 7) is 5.91. The van der Waals surface area contributed by atoms with Crippen molar-refractivity contribution >= 4 is 54.8 Å². The van der Waals surface area contributed by atoms with E-state index in [1.54, 1.807) is 0 Å². The lowest BCUT2D eigenvalue weighted by Gasteiger charge is -2.12. The van der Waals surface area contributed by atoms with Gasteiger partial charge in [-0.2, -0.15) is 0 Å². The standard InChI is InChI=1S/C15H12Br2/c1-3-7-11-10(4-2)14(16)12-8-5-6-9-13(12)15(11)17/h3-9H,2H2,1H3. The van der Waals surface area contributed by atoms with Crippen LogP contribution in [-0.2, 0) is 0 Å². The van der Waals surface area contributed by atoms with E-state index in [0.717, 1.165) is 20.1 Å². The Hall–Kier alpha value is -0.860. The zero-order valence-corrected chi connectivity index (χ0v) is 12.7. The summed E-state index contributed by atoms with van der Waals surface area (Å²) >= 11 is 7.36. The van der Waals surface area contributed by atoms with Crippen LogP contribution in [0.5, 0.6) is 0 Å². The van der Waals surface area contributed by atoms with Gasteiger partial charge in [0.1, 0.15) is 0 Å². The highest BCUT2D eigenvalue weighted by atomic mass is 79.9. The normalized spacial score (nSPS) is 11.2. The minimum atomic E-state index is 1.10. The molecule has 0 radical (unpaired) electrons. The van der Waals surface area contributed by atoms with Gasteiger partial charge in [-0.3, -0.25) is 0 Å². The van der Waals surface area contributed by atoms with E-state index in [-0.39, 0.29) is 0 Å². The van der Waals surface area contributed by atoms with Crippen molar-refractivity contribution in [2.24, 2.45) is 0 Å². The van der Waals surface area contributed by atoms with Gasteiger partial charge in [-0.15, -0.1) is 0 Å². The molecule has 0 amide bonds. The zero-order chi connectivity index (χ0) is 12.4. The third-order valence-electron chi connectivity index (χ3n) is 2.70. The predicted molar refractivity (Wildman–Crippen MR) is 84.1 cm³/mol. The van der Waals surface area contributed by atoms with Crippen LogP contribution < -0.4 is 0 Å². The van der Waals surface area contributed by atoms with Crippen LogP contribution >= 0.6 is 31.9 Å². The Morgan fingerprint density at radius 3 is 2.00 bits per heavy atom.